The van der Waals surface area contributed by atoms with Gasteiger partial charge in [-0.25, -0.2) is 0 Å². The van der Waals surface area contributed by atoms with Gasteiger partial charge in [0.25, 0.3) is 0 Å². The minimum absolute atomic E-state index is 0.813. The Balaban J connectivity index is 2.05. The molecule has 2 nitrogen and oxygen atoms in total. The number of nitrogens with one attached hydrogen (secondary N) is 1. The van der Waals surface area contributed by atoms with Crippen molar-refractivity contribution in [3.05, 3.63) is 44.9 Å². The summed E-state index contributed by atoms with van der Waals surface area (Å²) >= 11 is 7.48. The summed E-state index contributed by atoms with van der Waals surface area (Å²) in [4.78, 5) is 1.24. The van der Waals surface area contributed by atoms with Gasteiger partial charge in [0.15, 0.2) is 0 Å². The monoisotopic (exact) mass is 240 g/mol. The van der Waals surface area contributed by atoms with E-state index in [0.29, 0.717) is 0 Å². The molecule has 1 N–H and O–H groups in total. The molecular formula is C11H13ClN2S. The van der Waals surface area contributed by atoms with Crippen molar-refractivity contribution >= 4 is 22.9 Å². The smallest absolute Gasteiger partial charge is 0.0931 e. The third-order valence-corrected chi connectivity index (χ3v) is 3.54. The van der Waals surface area contributed by atoms with Crippen molar-refractivity contribution in [2.45, 2.75) is 20.4 Å². The Kier molecular flexibility index (Phi) is 3.03. The van der Waals surface area contributed by atoms with Crippen LogP contribution in [0.2, 0.25) is 4.34 Å². The fourth-order valence-corrected chi connectivity index (χ4v) is 2.54. The molecule has 0 aliphatic heterocycles. The summed E-state index contributed by atoms with van der Waals surface area (Å²) in [6.45, 7) is 4.98. The Morgan fingerprint density at radius 3 is 2.40 bits per heavy atom. The maximum atomic E-state index is 5.87. The van der Waals surface area contributed by atoms with E-state index in [2.05, 4.69) is 36.1 Å². The predicted octanol–water partition coefficient (Wildman–Crippen LogP) is 3.56. The SMILES string of the molecule is Cc1ccc(C)n1NCc1ccc(Cl)s1. The van der Waals surface area contributed by atoms with Crippen LogP contribution in [-0.2, 0) is 6.54 Å². The minimum atomic E-state index is 0.813. The van der Waals surface area contributed by atoms with Crippen molar-refractivity contribution in [1.82, 2.24) is 4.68 Å². The van der Waals surface area contributed by atoms with Crippen molar-refractivity contribution in [2.24, 2.45) is 0 Å². The van der Waals surface area contributed by atoms with E-state index in [0.717, 1.165) is 10.9 Å². The molecule has 0 atom stereocenters. The van der Waals surface area contributed by atoms with Crippen molar-refractivity contribution in [1.29, 1.82) is 0 Å². The van der Waals surface area contributed by atoms with E-state index in [9.17, 15) is 0 Å². The second-order valence-electron chi connectivity index (χ2n) is 3.49. The number of aromatic nitrogens is 1. The molecule has 4 heteroatoms. The molecule has 2 heterocycles. The number of thiophene rings is 1. The Bertz CT molecular complexity index is 439. The summed E-state index contributed by atoms with van der Waals surface area (Å²) in [5.74, 6) is 0. The highest BCUT2D eigenvalue weighted by atomic mass is 35.5. The van der Waals surface area contributed by atoms with E-state index >= 15 is 0 Å². The van der Waals surface area contributed by atoms with Crippen LogP contribution in [0, 0.1) is 13.8 Å². The Labute approximate surface area is 98.5 Å². The lowest BCUT2D eigenvalue weighted by atomic mass is 10.5. The molecule has 0 fully saturated rings. The summed E-state index contributed by atoms with van der Waals surface area (Å²) < 4.78 is 2.93. The van der Waals surface area contributed by atoms with Crippen LogP contribution in [0.1, 0.15) is 16.3 Å². The fourth-order valence-electron chi connectivity index (χ4n) is 1.52. The second-order valence-corrected chi connectivity index (χ2v) is 5.29. The van der Waals surface area contributed by atoms with Crippen LogP contribution in [0.5, 0.6) is 0 Å². The number of halogens is 1. The first-order valence-corrected chi connectivity index (χ1v) is 5.99. The maximum Gasteiger partial charge on any atom is 0.0931 e. The summed E-state index contributed by atoms with van der Waals surface area (Å²) in [6, 6.07) is 8.18. The zero-order valence-electron chi connectivity index (χ0n) is 8.75. The second kappa shape index (κ2) is 4.29. The van der Waals surface area contributed by atoms with Crippen molar-refractivity contribution < 1.29 is 0 Å². The average Bonchev–Trinajstić information content (AvgIpc) is 2.73. The van der Waals surface area contributed by atoms with Gasteiger partial charge in [-0.2, -0.15) is 0 Å². The fraction of sp³-hybridized carbons (Fsp3) is 0.273. The average molecular weight is 241 g/mol. The molecule has 0 saturated carbocycles. The molecule has 2 aromatic heterocycles. The van der Waals surface area contributed by atoms with E-state index < -0.39 is 0 Å². The highest BCUT2D eigenvalue weighted by Gasteiger charge is 2.01. The molecule has 0 amide bonds. The van der Waals surface area contributed by atoms with E-state index in [1.807, 2.05) is 12.1 Å². The van der Waals surface area contributed by atoms with Crippen molar-refractivity contribution in [3.63, 3.8) is 0 Å². The largest absolute Gasteiger partial charge is 0.321 e. The normalized spacial score (nSPS) is 10.6. The molecule has 0 spiro atoms. The van der Waals surface area contributed by atoms with Crippen LogP contribution in [0.4, 0.5) is 0 Å². The number of hydrogen-bond acceptors (Lipinski definition) is 2. The summed E-state index contributed by atoms with van der Waals surface area (Å²) in [5.41, 5.74) is 5.79. The zero-order valence-corrected chi connectivity index (χ0v) is 10.3. The van der Waals surface area contributed by atoms with Gasteiger partial charge >= 0.3 is 0 Å². The Hall–Kier alpha value is -0.930. The van der Waals surface area contributed by atoms with Crippen LogP contribution in [0.25, 0.3) is 0 Å². The molecule has 0 aliphatic carbocycles. The molecule has 0 radical (unpaired) electrons. The first-order valence-electron chi connectivity index (χ1n) is 4.80. The number of aryl methyl sites for hydroxylation is 2. The van der Waals surface area contributed by atoms with E-state index in [1.54, 1.807) is 11.3 Å². The van der Waals surface area contributed by atoms with Gasteiger partial charge in [0.2, 0.25) is 0 Å². The van der Waals surface area contributed by atoms with Gasteiger partial charge in [-0.15, -0.1) is 11.3 Å². The zero-order chi connectivity index (χ0) is 10.8. The number of nitrogens with zero attached hydrogens (tertiary/aromatic N) is 1. The van der Waals surface area contributed by atoms with Gasteiger partial charge in [0, 0.05) is 16.3 Å². The van der Waals surface area contributed by atoms with Gasteiger partial charge < -0.3 is 5.43 Å². The molecule has 80 valence electrons. The molecular weight excluding hydrogens is 228 g/mol. The molecule has 2 rings (SSSR count). The van der Waals surface area contributed by atoms with E-state index in [1.165, 1.54) is 16.3 Å². The van der Waals surface area contributed by atoms with Crippen molar-refractivity contribution in [3.8, 4) is 0 Å². The highest BCUT2D eigenvalue weighted by Crippen LogP contribution is 2.21. The van der Waals surface area contributed by atoms with Crippen LogP contribution in [0.3, 0.4) is 0 Å². The predicted molar refractivity (Wildman–Crippen MR) is 66.3 cm³/mol. The van der Waals surface area contributed by atoms with Gasteiger partial charge in [0.1, 0.15) is 0 Å². The van der Waals surface area contributed by atoms with Crippen LogP contribution >= 0.6 is 22.9 Å². The summed E-state index contributed by atoms with van der Waals surface area (Å²) in [7, 11) is 0. The molecule has 0 aliphatic rings. The molecule has 0 unspecified atom stereocenters. The topological polar surface area (TPSA) is 17.0 Å². The summed E-state index contributed by atoms with van der Waals surface area (Å²) in [5, 5.41) is 0. The Morgan fingerprint density at radius 1 is 1.20 bits per heavy atom. The molecule has 15 heavy (non-hydrogen) atoms. The third-order valence-electron chi connectivity index (χ3n) is 2.31. The number of hydrogen-bond donors (Lipinski definition) is 1. The molecule has 0 saturated heterocycles. The van der Waals surface area contributed by atoms with Gasteiger partial charge in [-0.05, 0) is 38.1 Å². The first kappa shape index (κ1) is 10.6. The lowest BCUT2D eigenvalue weighted by Crippen LogP contribution is -2.16. The molecule has 0 aromatic carbocycles. The van der Waals surface area contributed by atoms with Gasteiger partial charge in [-0.1, -0.05) is 11.6 Å². The van der Waals surface area contributed by atoms with Crippen LogP contribution in [-0.4, -0.2) is 4.68 Å². The third kappa shape index (κ3) is 2.36. The quantitative estimate of drug-likeness (QED) is 0.868. The van der Waals surface area contributed by atoms with Gasteiger partial charge in [-0.3, -0.25) is 4.68 Å². The first-order chi connectivity index (χ1) is 7.16. The van der Waals surface area contributed by atoms with Crippen molar-refractivity contribution in [2.75, 3.05) is 5.43 Å². The van der Waals surface area contributed by atoms with Gasteiger partial charge in [0.05, 0.1) is 10.9 Å². The van der Waals surface area contributed by atoms with E-state index in [-0.39, 0.29) is 0 Å². The standard InChI is InChI=1S/C11H13ClN2S/c1-8-3-4-9(2)14(8)13-7-10-5-6-11(12)15-10/h3-6,13H,7H2,1-2H3. The maximum absolute atomic E-state index is 5.87. The molecule has 0 bridgehead atoms. The summed E-state index contributed by atoms with van der Waals surface area (Å²) in [6.07, 6.45) is 0. The van der Waals surface area contributed by atoms with E-state index in [4.69, 9.17) is 11.6 Å². The molecule has 2 aromatic rings. The van der Waals surface area contributed by atoms with Crippen LogP contribution in [0.15, 0.2) is 24.3 Å². The minimum Gasteiger partial charge on any atom is -0.321 e. The van der Waals surface area contributed by atoms with Crippen LogP contribution < -0.4 is 5.43 Å². The Morgan fingerprint density at radius 2 is 1.87 bits per heavy atom. The lowest BCUT2D eigenvalue weighted by Gasteiger charge is -2.11. The number of rotatable bonds is 3. The highest BCUT2D eigenvalue weighted by molar-refractivity contribution is 7.16. The lowest BCUT2D eigenvalue weighted by molar-refractivity contribution is 0.797.